The van der Waals surface area contributed by atoms with Gasteiger partial charge in [-0.05, 0) is 43.0 Å². The molecule has 0 saturated carbocycles. The number of carbonyl (C=O) groups is 1. The zero-order chi connectivity index (χ0) is 17.1. The molecule has 1 atom stereocenters. The van der Waals surface area contributed by atoms with Gasteiger partial charge < -0.3 is 15.0 Å². The van der Waals surface area contributed by atoms with Gasteiger partial charge in [-0.2, -0.15) is 5.10 Å². The Hall–Kier alpha value is -2.60. The molecule has 0 aliphatic rings. The molecule has 0 unspecified atom stereocenters. The van der Waals surface area contributed by atoms with Crippen molar-refractivity contribution in [3.05, 3.63) is 53.5 Å². The Bertz CT molecular complexity index is 850. The first-order chi connectivity index (χ1) is 11.6. The normalized spacial score (nSPS) is 12.5. The monoisotopic (exact) mass is 326 g/mol. The number of rotatable bonds is 6. The fraction of sp³-hybridized carbons (Fsp3) is 0.333. The van der Waals surface area contributed by atoms with Crippen molar-refractivity contribution in [2.75, 3.05) is 13.7 Å². The number of ether oxygens (including phenoxy) is 1. The fourth-order valence-electron chi connectivity index (χ4n) is 2.72. The maximum atomic E-state index is 12.4. The van der Waals surface area contributed by atoms with Gasteiger partial charge in [0.15, 0.2) is 0 Å². The summed E-state index contributed by atoms with van der Waals surface area (Å²) in [4.78, 5) is 15.7. The van der Waals surface area contributed by atoms with Crippen LogP contribution in [0.15, 0.2) is 36.7 Å². The van der Waals surface area contributed by atoms with Crippen molar-refractivity contribution in [1.29, 1.82) is 0 Å². The van der Waals surface area contributed by atoms with E-state index in [4.69, 9.17) is 4.74 Å². The third-order valence-corrected chi connectivity index (χ3v) is 4.05. The number of nitrogens with zero attached hydrogens (tertiary/aromatic N) is 2. The Balaban J connectivity index is 1.69. The third kappa shape index (κ3) is 3.49. The molecule has 24 heavy (non-hydrogen) atoms. The van der Waals surface area contributed by atoms with E-state index in [-0.39, 0.29) is 11.9 Å². The lowest BCUT2D eigenvalue weighted by molar-refractivity contribution is 0.0939. The summed E-state index contributed by atoms with van der Waals surface area (Å²) in [6.07, 6.45) is 3.32. The lowest BCUT2D eigenvalue weighted by Crippen LogP contribution is -2.26. The number of hydrogen-bond donors (Lipinski definition) is 2. The Kier molecular flexibility index (Phi) is 4.66. The van der Waals surface area contributed by atoms with Crippen molar-refractivity contribution >= 4 is 16.8 Å². The van der Waals surface area contributed by atoms with Gasteiger partial charge in [-0.1, -0.05) is 6.07 Å². The van der Waals surface area contributed by atoms with Crippen molar-refractivity contribution < 1.29 is 9.53 Å². The highest BCUT2D eigenvalue weighted by Crippen LogP contribution is 2.21. The lowest BCUT2D eigenvalue weighted by Gasteiger charge is -2.14. The number of aromatic amines is 1. The molecule has 6 heteroatoms. The van der Waals surface area contributed by atoms with Crippen LogP contribution in [0.2, 0.25) is 0 Å². The number of hydrogen-bond acceptors (Lipinski definition) is 3. The number of aromatic nitrogens is 3. The number of nitrogens with one attached hydrogen (secondary N) is 2. The highest BCUT2D eigenvalue weighted by Gasteiger charge is 2.14. The molecule has 0 fully saturated rings. The largest absolute Gasteiger partial charge is 0.383 e. The van der Waals surface area contributed by atoms with E-state index in [0.717, 1.165) is 22.2 Å². The van der Waals surface area contributed by atoms with E-state index in [1.165, 1.54) is 0 Å². The molecule has 1 aromatic carbocycles. The molecular formula is C18H22N4O2. The molecule has 0 aliphatic carbocycles. The molecule has 6 nitrogen and oxygen atoms in total. The first-order valence-electron chi connectivity index (χ1n) is 7.98. The maximum Gasteiger partial charge on any atom is 0.254 e. The van der Waals surface area contributed by atoms with Gasteiger partial charge in [0.05, 0.1) is 31.0 Å². The summed E-state index contributed by atoms with van der Waals surface area (Å²) >= 11 is 0. The van der Waals surface area contributed by atoms with Crippen LogP contribution in [0.5, 0.6) is 0 Å². The molecule has 2 heterocycles. The second kappa shape index (κ2) is 6.88. The summed E-state index contributed by atoms with van der Waals surface area (Å²) in [6.45, 7) is 5.21. The molecule has 0 aliphatic heterocycles. The molecule has 3 rings (SSSR count). The van der Waals surface area contributed by atoms with Gasteiger partial charge in [0.25, 0.3) is 5.91 Å². The summed E-state index contributed by atoms with van der Waals surface area (Å²) in [7, 11) is 1.64. The van der Waals surface area contributed by atoms with E-state index in [1.807, 2.05) is 26.0 Å². The molecule has 0 saturated heterocycles. The zero-order valence-corrected chi connectivity index (χ0v) is 14.2. The summed E-state index contributed by atoms with van der Waals surface area (Å²) < 4.78 is 6.72. The van der Waals surface area contributed by atoms with Crippen LogP contribution in [0.25, 0.3) is 10.9 Å². The van der Waals surface area contributed by atoms with Gasteiger partial charge in [0.1, 0.15) is 0 Å². The maximum absolute atomic E-state index is 12.4. The van der Waals surface area contributed by atoms with Crippen LogP contribution in [0, 0.1) is 6.92 Å². The molecule has 0 spiro atoms. The highest BCUT2D eigenvalue weighted by molar-refractivity contribution is 5.94. The van der Waals surface area contributed by atoms with E-state index < -0.39 is 0 Å². The molecule has 2 aromatic heterocycles. The Labute approximate surface area is 140 Å². The van der Waals surface area contributed by atoms with E-state index in [9.17, 15) is 4.79 Å². The van der Waals surface area contributed by atoms with Crippen LogP contribution < -0.4 is 5.32 Å². The van der Waals surface area contributed by atoms with E-state index >= 15 is 0 Å². The number of H-pyrrole nitrogens is 1. The van der Waals surface area contributed by atoms with E-state index in [2.05, 4.69) is 27.5 Å². The van der Waals surface area contributed by atoms with Gasteiger partial charge in [-0.15, -0.1) is 0 Å². The Morgan fingerprint density at radius 1 is 1.42 bits per heavy atom. The SMILES string of the molecule is COCCn1cc(C(=O)N[C@H](C)c2ccc3[nH]c(C)cc3c2)cn1. The number of fused-ring (bicyclic) bond motifs is 1. The minimum atomic E-state index is -0.128. The van der Waals surface area contributed by atoms with Crippen molar-refractivity contribution in [3.8, 4) is 0 Å². The van der Waals surface area contributed by atoms with Gasteiger partial charge in [-0.3, -0.25) is 9.48 Å². The number of benzene rings is 1. The van der Waals surface area contributed by atoms with Crippen LogP contribution in [-0.2, 0) is 11.3 Å². The van der Waals surface area contributed by atoms with E-state index in [0.29, 0.717) is 18.7 Å². The van der Waals surface area contributed by atoms with E-state index in [1.54, 1.807) is 24.2 Å². The lowest BCUT2D eigenvalue weighted by atomic mass is 10.1. The minimum absolute atomic E-state index is 0.0839. The van der Waals surface area contributed by atoms with Crippen molar-refractivity contribution in [2.45, 2.75) is 26.4 Å². The zero-order valence-electron chi connectivity index (χ0n) is 14.2. The summed E-state index contributed by atoms with van der Waals surface area (Å²) in [5, 5.41) is 8.34. The molecular weight excluding hydrogens is 304 g/mol. The first-order valence-corrected chi connectivity index (χ1v) is 7.98. The molecule has 1 amide bonds. The summed E-state index contributed by atoms with van der Waals surface area (Å²) in [5.74, 6) is -0.128. The summed E-state index contributed by atoms with van der Waals surface area (Å²) in [6, 6.07) is 8.20. The van der Waals surface area contributed by atoms with Crippen LogP contribution >= 0.6 is 0 Å². The smallest absolute Gasteiger partial charge is 0.254 e. The van der Waals surface area contributed by atoms with Crippen LogP contribution in [-0.4, -0.2) is 34.4 Å². The number of carbonyl (C=O) groups excluding carboxylic acids is 1. The van der Waals surface area contributed by atoms with Crippen molar-refractivity contribution in [3.63, 3.8) is 0 Å². The quantitative estimate of drug-likeness (QED) is 0.731. The third-order valence-electron chi connectivity index (χ3n) is 4.05. The topological polar surface area (TPSA) is 71.9 Å². The molecule has 3 aromatic rings. The average Bonchev–Trinajstić information content (AvgIpc) is 3.17. The predicted molar refractivity (Wildman–Crippen MR) is 93.0 cm³/mol. The number of aryl methyl sites for hydroxylation is 1. The molecule has 0 radical (unpaired) electrons. The standard InChI is InChI=1S/C18H22N4O2/c1-12-8-15-9-14(4-5-17(15)20-12)13(2)21-18(23)16-10-19-22(11-16)6-7-24-3/h4-5,8-11,13,20H,6-7H2,1-3H3,(H,21,23)/t13-/m1/s1. The van der Waals surface area contributed by atoms with Crippen LogP contribution in [0.4, 0.5) is 0 Å². The first kappa shape index (κ1) is 16.3. The van der Waals surface area contributed by atoms with Gasteiger partial charge in [0.2, 0.25) is 0 Å². The second-order valence-electron chi connectivity index (χ2n) is 5.98. The van der Waals surface area contributed by atoms with Gasteiger partial charge in [0, 0.05) is 24.5 Å². The van der Waals surface area contributed by atoms with Crippen molar-refractivity contribution in [1.82, 2.24) is 20.1 Å². The Morgan fingerprint density at radius 2 is 2.25 bits per heavy atom. The Morgan fingerprint density at radius 3 is 3.04 bits per heavy atom. The molecule has 0 bridgehead atoms. The number of amides is 1. The van der Waals surface area contributed by atoms with Crippen molar-refractivity contribution in [2.24, 2.45) is 0 Å². The molecule has 2 N–H and O–H groups in total. The van der Waals surface area contributed by atoms with Gasteiger partial charge in [-0.25, -0.2) is 0 Å². The molecule has 126 valence electrons. The highest BCUT2D eigenvalue weighted by atomic mass is 16.5. The number of methoxy groups -OCH3 is 1. The minimum Gasteiger partial charge on any atom is -0.383 e. The summed E-state index contributed by atoms with van der Waals surface area (Å²) in [5.41, 5.74) is 3.86. The predicted octanol–water partition coefficient (Wildman–Crippen LogP) is 2.81. The van der Waals surface area contributed by atoms with Gasteiger partial charge >= 0.3 is 0 Å². The average molecular weight is 326 g/mol. The second-order valence-corrected chi connectivity index (χ2v) is 5.98. The fourth-order valence-corrected chi connectivity index (χ4v) is 2.72. The van der Waals surface area contributed by atoms with Crippen LogP contribution in [0.1, 0.15) is 34.6 Å². The van der Waals surface area contributed by atoms with Crippen LogP contribution in [0.3, 0.4) is 0 Å².